The van der Waals surface area contributed by atoms with Gasteiger partial charge in [0, 0.05) is 13.0 Å². The molecule has 0 saturated carbocycles. The van der Waals surface area contributed by atoms with Crippen LogP contribution < -0.4 is 10.6 Å². The summed E-state index contributed by atoms with van der Waals surface area (Å²) in [6, 6.07) is 3.67. The number of carbonyl (C=O) groups excluding carboxylic acids is 1. The van der Waals surface area contributed by atoms with Crippen LogP contribution in [0.25, 0.3) is 0 Å². The van der Waals surface area contributed by atoms with Gasteiger partial charge in [-0.25, -0.2) is 0 Å². The van der Waals surface area contributed by atoms with Crippen LogP contribution in [0.4, 0.5) is 11.4 Å². The van der Waals surface area contributed by atoms with Crippen LogP contribution in [-0.4, -0.2) is 12.5 Å². The van der Waals surface area contributed by atoms with Crippen molar-refractivity contribution in [3.05, 3.63) is 22.7 Å². The zero-order valence-electron chi connectivity index (χ0n) is 9.29. The summed E-state index contributed by atoms with van der Waals surface area (Å²) in [6.07, 6.45) is 2.55. The van der Waals surface area contributed by atoms with Gasteiger partial charge in [-0.2, -0.15) is 0 Å². The highest BCUT2D eigenvalue weighted by Crippen LogP contribution is 2.36. The highest BCUT2D eigenvalue weighted by molar-refractivity contribution is 6.35. The third-order valence-corrected chi connectivity index (χ3v) is 3.41. The summed E-state index contributed by atoms with van der Waals surface area (Å²) in [4.78, 5) is 13.5. The summed E-state index contributed by atoms with van der Waals surface area (Å²) in [7, 11) is 0. The minimum absolute atomic E-state index is 0.116. The Labute approximate surface area is 100 Å². The van der Waals surface area contributed by atoms with Crippen LogP contribution in [0, 0.1) is 6.92 Å². The molecule has 1 fully saturated rings. The third-order valence-electron chi connectivity index (χ3n) is 2.93. The first-order valence-electron chi connectivity index (χ1n) is 5.46. The maximum Gasteiger partial charge on any atom is 0.227 e. The topological polar surface area (TPSA) is 46.3 Å². The molecule has 1 heterocycles. The molecule has 2 N–H and O–H groups in total. The van der Waals surface area contributed by atoms with Crippen molar-refractivity contribution in [3.63, 3.8) is 0 Å². The highest BCUT2D eigenvalue weighted by Gasteiger charge is 2.24. The predicted molar refractivity (Wildman–Crippen MR) is 66.8 cm³/mol. The van der Waals surface area contributed by atoms with Crippen LogP contribution in [0.1, 0.15) is 24.8 Å². The maximum absolute atomic E-state index is 11.8. The summed E-state index contributed by atoms with van der Waals surface area (Å²) in [5.74, 6) is 0.116. The molecule has 1 aromatic carbocycles. The average molecular weight is 239 g/mol. The van der Waals surface area contributed by atoms with Crippen molar-refractivity contribution in [1.29, 1.82) is 0 Å². The van der Waals surface area contributed by atoms with Crippen molar-refractivity contribution in [2.75, 3.05) is 17.2 Å². The number of nitrogens with zero attached hydrogens (tertiary/aromatic N) is 1. The van der Waals surface area contributed by atoms with Gasteiger partial charge in [0.15, 0.2) is 0 Å². The smallest absolute Gasteiger partial charge is 0.227 e. The molecule has 1 amide bonds. The largest absolute Gasteiger partial charge is 0.397 e. The first-order chi connectivity index (χ1) is 7.61. The van der Waals surface area contributed by atoms with E-state index in [0.29, 0.717) is 29.4 Å². The molecule has 1 aromatic rings. The minimum Gasteiger partial charge on any atom is -0.397 e. The summed E-state index contributed by atoms with van der Waals surface area (Å²) in [5, 5.41) is 0.593. The molecule has 3 nitrogen and oxygen atoms in total. The summed E-state index contributed by atoms with van der Waals surface area (Å²) in [6.45, 7) is 2.63. The lowest BCUT2D eigenvalue weighted by atomic mass is 10.1. The zero-order valence-corrected chi connectivity index (χ0v) is 10.0. The van der Waals surface area contributed by atoms with Crippen LogP contribution in [0.15, 0.2) is 12.1 Å². The fraction of sp³-hybridized carbons (Fsp3) is 0.417. The average Bonchev–Trinajstić information content (AvgIpc) is 2.27. The van der Waals surface area contributed by atoms with Gasteiger partial charge in [0.05, 0.1) is 16.4 Å². The van der Waals surface area contributed by atoms with Gasteiger partial charge in [0.25, 0.3) is 0 Å². The quantitative estimate of drug-likeness (QED) is 0.765. The molecule has 2 rings (SSSR count). The van der Waals surface area contributed by atoms with E-state index in [0.717, 1.165) is 18.4 Å². The van der Waals surface area contributed by atoms with Crippen molar-refractivity contribution in [1.82, 2.24) is 0 Å². The lowest BCUT2D eigenvalue weighted by Gasteiger charge is -2.29. The molecule has 16 heavy (non-hydrogen) atoms. The van der Waals surface area contributed by atoms with Crippen molar-refractivity contribution in [3.8, 4) is 0 Å². The van der Waals surface area contributed by atoms with Gasteiger partial charge in [-0.3, -0.25) is 4.79 Å². The van der Waals surface area contributed by atoms with Gasteiger partial charge in [-0.15, -0.1) is 0 Å². The van der Waals surface area contributed by atoms with Gasteiger partial charge in [0.2, 0.25) is 5.91 Å². The number of carbonyl (C=O) groups is 1. The van der Waals surface area contributed by atoms with Crippen LogP contribution in [-0.2, 0) is 4.79 Å². The second kappa shape index (κ2) is 4.34. The summed E-state index contributed by atoms with van der Waals surface area (Å²) < 4.78 is 0. The van der Waals surface area contributed by atoms with Crippen molar-refractivity contribution < 1.29 is 4.79 Å². The number of aryl methyl sites for hydroxylation is 1. The van der Waals surface area contributed by atoms with E-state index in [-0.39, 0.29) is 5.91 Å². The summed E-state index contributed by atoms with van der Waals surface area (Å²) in [5.41, 5.74) is 8.11. The standard InChI is InChI=1S/C12H15ClN2O/c1-8-5-6-9(14)12(11(8)13)15-7-3-2-4-10(15)16/h5-6H,2-4,7,14H2,1H3. The van der Waals surface area contributed by atoms with Crippen LogP contribution >= 0.6 is 11.6 Å². The first-order valence-corrected chi connectivity index (χ1v) is 5.84. The Morgan fingerprint density at radius 1 is 1.38 bits per heavy atom. The second-order valence-corrected chi connectivity index (χ2v) is 4.51. The van der Waals surface area contributed by atoms with E-state index in [1.54, 1.807) is 11.0 Å². The fourth-order valence-electron chi connectivity index (χ4n) is 2.00. The van der Waals surface area contributed by atoms with Gasteiger partial charge >= 0.3 is 0 Å². The molecule has 0 aliphatic carbocycles. The maximum atomic E-state index is 11.8. The summed E-state index contributed by atoms with van der Waals surface area (Å²) >= 11 is 6.22. The Hall–Kier alpha value is -1.22. The molecule has 0 unspecified atom stereocenters. The monoisotopic (exact) mass is 238 g/mol. The number of halogens is 1. The highest BCUT2D eigenvalue weighted by atomic mass is 35.5. The molecular formula is C12H15ClN2O. The number of benzene rings is 1. The van der Waals surface area contributed by atoms with Gasteiger partial charge in [-0.1, -0.05) is 17.7 Å². The van der Waals surface area contributed by atoms with Crippen molar-refractivity contribution in [2.45, 2.75) is 26.2 Å². The van der Waals surface area contributed by atoms with Crippen LogP contribution in [0.5, 0.6) is 0 Å². The van der Waals surface area contributed by atoms with E-state index >= 15 is 0 Å². The second-order valence-electron chi connectivity index (χ2n) is 4.14. The Balaban J connectivity index is 2.46. The fourth-order valence-corrected chi connectivity index (χ4v) is 2.27. The Morgan fingerprint density at radius 3 is 2.81 bits per heavy atom. The molecule has 1 aliphatic rings. The van der Waals surface area contributed by atoms with Crippen molar-refractivity contribution >= 4 is 28.9 Å². The molecule has 0 bridgehead atoms. The van der Waals surface area contributed by atoms with Gasteiger partial charge < -0.3 is 10.6 Å². The molecule has 0 aromatic heterocycles. The number of hydrogen-bond acceptors (Lipinski definition) is 2. The molecule has 0 spiro atoms. The molecule has 1 aliphatic heterocycles. The lowest BCUT2D eigenvalue weighted by molar-refractivity contribution is -0.119. The van der Waals surface area contributed by atoms with Crippen LogP contribution in [0.3, 0.4) is 0 Å². The number of amides is 1. The number of rotatable bonds is 1. The predicted octanol–water partition coefficient (Wildman–Crippen LogP) is 2.75. The SMILES string of the molecule is Cc1ccc(N)c(N2CCCCC2=O)c1Cl. The Bertz CT molecular complexity index is 431. The van der Waals surface area contributed by atoms with Gasteiger partial charge in [0.1, 0.15) is 0 Å². The molecule has 86 valence electrons. The third kappa shape index (κ3) is 1.87. The van der Waals surface area contributed by atoms with E-state index in [1.807, 2.05) is 13.0 Å². The molecular weight excluding hydrogens is 224 g/mol. The van der Waals surface area contributed by atoms with E-state index in [9.17, 15) is 4.79 Å². The van der Waals surface area contributed by atoms with E-state index in [4.69, 9.17) is 17.3 Å². The lowest BCUT2D eigenvalue weighted by Crippen LogP contribution is -2.36. The number of hydrogen-bond donors (Lipinski definition) is 1. The molecule has 0 atom stereocenters. The zero-order chi connectivity index (χ0) is 11.7. The van der Waals surface area contributed by atoms with Crippen LogP contribution in [0.2, 0.25) is 5.02 Å². The number of anilines is 2. The number of piperidine rings is 1. The number of nitrogen functional groups attached to an aromatic ring is 1. The normalized spacial score (nSPS) is 16.6. The van der Waals surface area contributed by atoms with E-state index < -0.39 is 0 Å². The van der Waals surface area contributed by atoms with E-state index in [2.05, 4.69) is 0 Å². The molecule has 4 heteroatoms. The molecule has 0 radical (unpaired) electrons. The van der Waals surface area contributed by atoms with E-state index in [1.165, 1.54) is 0 Å². The number of nitrogens with two attached hydrogens (primary N) is 1. The van der Waals surface area contributed by atoms with Crippen molar-refractivity contribution in [2.24, 2.45) is 0 Å². The first kappa shape index (κ1) is 11.3. The molecule has 1 saturated heterocycles. The Morgan fingerprint density at radius 2 is 2.12 bits per heavy atom. The van der Waals surface area contributed by atoms with Gasteiger partial charge in [-0.05, 0) is 31.4 Å². The Kier molecular flexibility index (Phi) is 3.06. The minimum atomic E-state index is 0.116.